The first-order valence-corrected chi connectivity index (χ1v) is 10.1. The Hall–Kier alpha value is -1.82. The van der Waals surface area contributed by atoms with Gasteiger partial charge in [0.05, 0.1) is 12.1 Å². The van der Waals surface area contributed by atoms with Crippen LogP contribution in [-0.2, 0) is 13.0 Å². The van der Waals surface area contributed by atoms with E-state index in [1.165, 1.54) is 12.1 Å². The van der Waals surface area contributed by atoms with Crippen LogP contribution in [0.2, 0.25) is 5.02 Å². The largest absolute Gasteiger partial charge is 0.493 e. The summed E-state index contributed by atoms with van der Waals surface area (Å²) < 4.78 is 24.8. The highest BCUT2D eigenvalue weighted by atomic mass is 35.5. The molecule has 2 aromatic carbocycles. The highest BCUT2D eigenvalue weighted by molar-refractivity contribution is 6.31. The highest BCUT2D eigenvalue weighted by Crippen LogP contribution is 2.33. The summed E-state index contributed by atoms with van der Waals surface area (Å²) in [5.74, 6) is 1.09. The highest BCUT2D eigenvalue weighted by Gasteiger charge is 2.15. The van der Waals surface area contributed by atoms with Crippen LogP contribution in [-0.4, -0.2) is 56.7 Å². The Bertz CT molecular complexity index is 779. The second kappa shape index (κ2) is 10.1. The molecule has 0 aromatic heterocycles. The molecular formula is C22H28ClFN2O2. The summed E-state index contributed by atoms with van der Waals surface area (Å²) in [7, 11) is 3.81. The summed E-state index contributed by atoms with van der Waals surface area (Å²) in [6.07, 6.45) is 1.97. The first-order valence-electron chi connectivity index (χ1n) is 9.70. The van der Waals surface area contributed by atoms with E-state index in [-0.39, 0.29) is 12.4 Å². The standard InChI is InChI=1S/C22H28ClFN2O2/c1-25-11-13-26(14-12-25)10-4-6-17-5-3-7-21(27-2)22(17)28-16-18-8-9-19(24)15-20(18)23/h3,5,7-9,15H,4,6,10-14,16H2,1-2H3. The molecule has 6 heteroatoms. The third-order valence-electron chi connectivity index (χ3n) is 5.18. The summed E-state index contributed by atoms with van der Waals surface area (Å²) >= 11 is 6.13. The van der Waals surface area contributed by atoms with Gasteiger partial charge in [-0.15, -0.1) is 0 Å². The maximum absolute atomic E-state index is 13.3. The van der Waals surface area contributed by atoms with Gasteiger partial charge in [0, 0.05) is 31.7 Å². The van der Waals surface area contributed by atoms with Crippen molar-refractivity contribution >= 4 is 11.6 Å². The summed E-state index contributed by atoms with van der Waals surface area (Å²) in [5, 5.41) is 0.367. The SMILES string of the molecule is COc1cccc(CCCN2CCN(C)CC2)c1OCc1ccc(F)cc1Cl. The van der Waals surface area contributed by atoms with Crippen LogP contribution in [0.3, 0.4) is 0 Å². The number of hydrogen-bond acceptors (Lipinski definition) is 4. The molecule has 4 nitrogen and oxygen atoms in total. The molecule has 152 valence electrons. The van der Waals surface area contributed by atoms with Crippen LogP contribution < -0.4 is 9.47 Å². The zero-order valence-electron chi connectivity index (χ0n) is 16.6. The van der Waals surface area contributed by atoms with Crippen LogP contribution in [0.5, 0.6) is 11.5 Å². The molecule has 1 saturated heterocycles. The Morgan fingerprint density at radius 3 is 2.57 bits per heavy atom. The monoisotopic (exact) mass is 406 g/mol. The molecule has 1 fully saturated rings. The van der Waals surface area contributed by atoms with Crippen molar-refractivity contribution in [2.45, 2.75) is 19.4 Å². The number of aryl methyl sites for hydroxylation is 1. The van der Waals surface area contributed by atoms with Gasteiger partial charge in [-0.25, -0.2) is 4.39 Å². The zero-order valence-corrected chi connectivity index (χ0v) is 17.3. The molecule has 0 N–H and O–H groups in total. The molecular weight excluding hydrogens is 379 g/mol. The number of benzene rings is 2. The Balaban J connectivity index is 1.63. The topological polar surface area (TPSA) is 24.9 Å². The zero-order chi connectivity index (χ0) is 19.9. The van der Waals surface area contributed by atoms with E-state index in [1.807, 2.05) is 12.1 Å². The van der Waals surface area contributed by atoms with Gasteiger partial charge in [-0.1, -0.05) is 29.8 Å². The van der Waals surface area contributed by atoms with Crippen molar-refractivity contribution in [3.8, 4) is 11.5 Å². The van der Waals surface area contributed by atoms with E-state index in [0.29, 0.717) is 10.8 Å². The summed E-state index contributed by atoms with van der Waals surface area (Å²) in [4.78, 5) is 4.88. The number of ether oxygens (including phenoxy) is 2. The number of likely N-dealkylation sites (N-methyl/N-ethyl adjacent to an activating group) is 1. The van der Waals surface area contributed by atoms with E-state index in [0.717, 1.165) is 62.4 Å². The number of piperazine rings is 1. The number of methoxy groups -OCH3 is 1. The maximum Gasteiger partial charge on any atom is 0.164 e. The molecule has 0 bridgehead atoms. The van der Waals surface area contributed by atoms with Crippen molar-refractivity contribution in [2.24, 2.45) is 0 Å². The second-order valence-corrected chi connectivity index (χ2v) is 7.63. The van der Waals surface area contributed by atoms with Crippen molar-refractivity contribution in [1.29, 1.82) is 0 Å². The fourth-order valence-electron chi connectivity index (χ4n) is 3.44. The van der Waals surface area contributed by atoms with Gasteiger partial charge in [0.15, 0.2) is 11.5 Å². The minimum Gasteiger partial charge on any atom is -0.493 e. The summed E-state index contributed by atoms with van der Waals surface area (Å²) in [5.41, 5.74) is 1.86. The van der Waals surface area contributed by atoms with Gasteiger partial charge in [-0.3, -0.25) is 0 Å². The average molecular weight is 407 g/mol. The molecule has 0 spiro atoms. The van der Waals surface area contributed by atoms with Gasteiger partial charge >= 0.3 is 0 Å². The smallest absolute Gasteiger partial charge is 0.164 e. The lowest BCUT2D eigenvalue weighted by Crippen LogP contribution is -2.44. The van der Waals surface area contributed by atoms with E-state index in [4.69, 9.17) is 21.1 Å². The average Bonchev–Trinajstić information content (AvgIpc) is 2.69. The quantitative estimate of drug-likeness (QED) is 0.654. The van der Waals surface area contributed by atoms with Crippen molar-refractivity contribution in [2.75, 3.05) is 46.9 Å². The van der Waals surface area contributed by atoms with Gasteiger partial charge in [0.1, 0.15) is 12.4 Å². The van der Waals surface area contributed by atoms with Crippen LogP contribution in [0.1, 0.15) is 17.5 Å². The lowest BCUT2D eigenvalue weighted by molar-refractivity contribution is 0.153. The maximum atomic E-state index is 13.3. The van der Waals surface area contributed by atoms with E-state index >= 15 is 0 Å². The van der Waals surface area contributed by atoms with Gasteiger partial charge < -0.3 is 19.3 Å². The van der Waals surface area contributed by atoms with E-state index in [1.54, 1.807) is 13.2 Å². The first kappa shape index (κ1) is 20.9. The molecule has 0 saturated carbocycles. The lowest BCUT2D eigenvalue weighted by atomic mass is 10.1. The number of hydrogen-bond donors (Lipinski definition) is 0. The van der Waals surface area contributed by atoms with E-state index < -0.39 is 0 Å². The molecule has 0 atom stereocenters. The first-order chi connectivity index (χ1) is 13.6. The molecule has 0 unspecified atom stereocenters. The molecule has 1 heterocycles. The molecule has 1 aliphatic rings. The number of rotatable bonds is 8. The fourth-order valence-corrected chi connectivity index (χ4v) is 3.66. The van der Waals surface area contributed by atoms with Crippen LogP contribution in [0, 0.1) is 5.82 Å². The molecule has 2 aromatic rings. The molecule has 0 aliphatic carbocycles. The molecule has 0 radical (unpaired) electrons. The lowest BCUT2D eigenvalue weighted by Gasteiger charge is -2.32. The van der Waals surface area contributed by atoms with Gasteiger partial charge in [-0.05, 0) is 50.2 Å². The third-order valence-corrected chi connectivity index (χ3v) is 5.54. The summed E-state index contributed by atoms with van der Waals surface area (Å²) in [6, 6.07) is 10.3. The van der Waals surface area contributed by atoms with Crippen LogP contribution in [0.4, 0.5) is 4.39 Å². The molecule has 28 heavy (non-hydrogen) atoms. The minimum absolute atomic E-state index is 0.269. The Morgan fingerprint density at radius 1 is 1.07 bits per heavy atom. The van der Waals surface area contributed by atoms with Crippen molar-refractivity contribution in [1.82, 2.24) is 9.80 Å². The van der Waals surface area contributed by atoms with Crippen LogP contribution in [0.25, 0.3) is 0 Å². The Labute approximate surface area is 171 Å². The number of para-hydroxylation sites is 1. The van der Waals surface area contributed by atoms with Crippen molar-refractivity contribution in [3.05, 3.63) is 58.4 Å². The van der Waals surface area contributed by atoms with E-state index in [2.05, 4.69) is 22.9 Å². The molecule has 3 rings (SSSR count). The fraction of sp³-hybridized carbons (Fsp3) is 0.455. The van der Waals surface area contributed by atoms with Crippen molar-refractivity contribution < 1.29 is 13.9 Å². The van der Waals surface area contributed by atoms with Crippen LogP contribution >= 0.6 is 11.6 Å². The number of nitrogens with zero attached hydrogens (tertiary/aromatic N) is 2. The van der Waals surface area contributed by atoms with Crippen LogP contribution in [0.15, 0.2) is 36.4 Å². The molecule has 0 amide bonds. The van der Waals surface area contributed by atoms with Gasteiger partial charge in [0.2, 0.25) is 0 Å². The second-order valence-electron chi connectivity index (χ2n) is 7.22. The predicted molar refractivity (Wildman–Crippen MR) is 111 cm³/mol. The normalized spacial score (nSPS) is 15.6. The van der Waals surface area contributed by atoms with Gasteiger partial charge in [-0.2, -0.15) is 0 Å². The predicted octanol–water partition coefficient (Wildman–Crippen LogP) is 4.25. The number of halogens is 2. The molecule has 1 aliphatic heterocycles. The Morgan fingerprint density at radius 2 is 1.86 bits per heavy atom. The third kappa shape index (κ3) is 5.60. The van der Waals surface area contributed by atoms with E-state index in [9.17, 15) is 4.39 Å². The van der Waals surface area contributed by atoms with Crippen molar-refractivity contribution in [3.63, 3.8) is 0 Å². The Kier molecular flexibility index (Phi) is 7.54. The minimum atomic E-state index is -0.351. The van der Waals surface area contributed by atoms with Gasteiger partial charge in [0.25, 0.3) is 0 Å². The summed E-state index contributed by atoms with van der Waals surface area (Å²) in [6.45, 7) is 5.86.